The fraction of sp³-hybridized carbons (Fsp3) is 0.500. The topological polar surface area (TPSA) is 44.1 Å². The van der Waals surface area contributed by atoms with Gasteiger partial charge in [0, 0.05) is 19.5 Å². The summed E-state index contributed by atoms with van der Waals surface area (Å²) < 4.78 is 12.9. The average molecular weight is 276 g/mol. The van der Waals surface area contributed by atoms with Gasteiger partial charge in [0.15, 0.2) is 0 Å². The fourth-order valence-electron chi connectivity index (χ4n) is 2.14. The number of benzene rings is 1. The minimum Gasteiger partial charge on any atom is -0.343 e. The van der Waals surface area contributed by atoms with E-state index >= 15 is 0 Å². The van der Waals surface area contributed by atoms with E-state index in [2.05, 4.69) is 6.07 Å². The summed E-state index contributed by atoms with van der Waals surface area (Å²) >= 11 is 0. The molecule has 0 fully saturated rings. The molecule has 0 radical (unpaired) electrons. The maximum absolute atomic E-state index is 12.9. The van der Waals surface area contributed by atoms with E-state index in [4.69, 9.17) is 0 Å². The first-order valence-electron chi connectivity index (χ1n) is 7.05. The van der Waals surface area contributed by atoms with E-state index in [1.54, 1.807) is 17.0 Å². The van der Waals surface area contributed by atoms with Crippen LogP contribution in [0.15, 0.2) is 24.3 Å². The van der Waals surface area contributed by atoms with Gasteiger partial charge < -0.3 is 4.90 Å². The molecular weight excluding hydrogens is 255 g/mol. The Balaban J connectivity index is 2.74. The molecule has 0 aliphatic heterocycles. The van der Waals surface area contributed by atoms with Crippen molar-refractivity contribution in [1.82, 2.24) is 4.90 Å². The zero-order chi connectivity index (χ0) is 15.0. The Morgan fingerprint density at radius 3 is 2.25 bits per heavy atom. The van der Waals surface area contributed by atoms with Gasteiger partial charge in [0.2, 0.25) is 5.91 Å². The monoisotopic (exact) mass is 276 g/mol. The van der Waals surface area contributed by atoms with Crippen molar-refractivity contribution >= 4 is 5.91 Å². The van der Waals surface area contributed by atoms with Crippen LogP contribution in [0.3, 0.4) is 0 Å². The van der Waals surface area contributed by atoms with Crippen LogP contribution in [0.2, 0.25) is 0 Å². The number of nitrogens with zero attached hydrogens (tertiary/aromatic N) is 2. The molecule has 0 bridgehead atoms. The van der Waals surface area contributed by atoms with Gasteiger partial charge in [-0.05, 0) is 30.5 Å². The maximum atomic E-state index is 12.9. The van der Waals surface area contributed by atoms with Crippen molar-refractivity contribution in [2.45, 2.75) is 39.0 Å². The Hall–Kier alpha value is -1.89. The molecule has 1 atom stereocenters. The van der Waals surface area contributed by atoms with Crippen LogP contribution in [-0.4, -0.2) is 23.9 Å². The van der Waals surface area contributed by atoms with Crippen LogP contribution in [0.1, 0.15) is 44.6 Å². The number of nitriles is 1. The lowest BCUT2D eigenvalue weighted by atomic mass is 9.96. The van der Waals surface area contributed by atoms with Gasteiger partial charge in [0.25, 0.3) is 0 Å². The Morgan fingerprint density at radius 2 is 1.80 bits per heavy atom. The van der Waals surface area contributed by atoms with E-state index in [9.17, 15) is 14.4 Å². The smallest absolute Gasteiger partial charge is 0.224 e. The van der Waals surface area contributed by atoms with Gasteiger partial charge in [-0.2, -0.15) is 5.26 Å². The van der Waals surface area contributed by atoms with Gasteiger partial charge in [-0.3, -0.25) is 4.79 Å². The normalized spacial score (nSPS) is 11.7. The van der Waals surface area contributed by atoms with Gasteiger partial charge in [0.05, 0.1) is 12.0 Å². The second kappa shape index (κ2) is 8.31. The zero-order valence-electron chi connectivity index (χ0n) is 12.1. The number of hydrogen-bond donors (Lipinski definition) is 0. The van der Waals surface area contributed by atoms with Gasteiger partial charge >= 0.3 is 0 Å². The van der Waals surface area contributed by atoms with E-state index in [0.717, 1.165) is 12.8 Å². The van der Waals surface area contributed by atoms with Crippen molar-refractivity contribution < 1.29 is 9.18 Å². The van der Waals surface area contributed by atoms with Crippen LogP contribution < -0.4 is 0 Å². The van der Waals surface area contributed by atoms with Gasteiger partial charge in [-0.15, -0.1) is 0 Å². The van der Waals surface area contributed by atoms with Crippen LogP contribution in [0.5, 0.6) is 0 Å². The summed E-state index contributed by atoms with van der Waals surface area (Å²) in [4.78, 5) is 14.0. The summed E-state index contributed by atoms with van der Waals surface area (Å²) in [6, 6.07) is 7.92. The zero-order valence-corrected chi connectivity index (χ0v) is 12.1. The highest BCUT2D eigenvalue weighted by Gasteiger charge is 2.19. The quantitative estimate of drug-likeness (QED) is 0.765. The summed E-state index contributed by atoms with van der Waals surface area (Å²) in [6.07, 6.45) is 1.96. The highest BCUT2D eigenvalue weighted by Crippen LogP contribution is 2.20. The second-order valence-corrected chi connectivity index (χ2v) is 4.82. The highest BCUT2D eigenvalue weighted by molar-refractivity contribution is 5.77. The largest absolute Gasteiger partial charge is 0.343 e. The van der Waals surface area contributed by atoms with Crippen molar-refractivity contribution in [3.63, 3.8) is 0 Å². The van der Waals surface area contributed by atoms with Crippen LogP contribution in [0.4, 0.5) is 4.39 Å². The fourth-order valence-corrected chi connectivity index (χ4v) is 2.14. The predicted molar refractivity (Wildman–Crippen MR) is 76.5 cm³/mol. The first kappa shape index (κ1) is 16.2. The molecule has 0 N–H and O–H groups in total. The Kier molecular flexibility index (Phi) is 6.72. The molecule has 0 heterocycles. The summed E-state index contributed by atoms with van der Waals surface area (Å²) in [5.74, 6) is -0.862. The minimum atomic E-state index is -0.515. The minimum absolute atomic E-state index is 0.00965. The van der Waals surface area contributed by atoms with E-state index in [0.29, 0.717) is 18.7 Å². The number of rotatable bonds is 7. The molecule has 1 rings (SSSR count). The van der Waals surface area contributed by atoms with E-state index in [1.165, 1.54) is 12.1 Å². The van der Waals surface area contributed by atoms with E-state index < -0.39 is 5.92 Å². The van der Waals surface area contributed by atoms with Gasteiger partial charge in [0.1, 0.15) is 5.82 Å². The molecule has 0 aliphatic carbocycles. The van der Waals surface area contributed by atoms with Crippen LogP contribution in [0.25, 0.3) is 0 Å². The first-order chi connectivity index (χ1) is 9.62. The van der Waals surface area contributed by atoms with Crippen molar-refractivity contribution in [1.29, 1.82) is 5.26 Å². The molecule has 0 saturated heterocycles. The molecule has 0 aliphatic rings. The predicted octanol–water partition coefficient (Wildman–Crippen LogP) is 3.47. The van der Waals surface area contributed by atoms with Crippen molar-refractivity contribution in [3.05, 3.63) is 35.6 Å². The third-order valence-corrected chi connectivity index (χ3v) is 3.15. The summed E-state index contributed by atoms with van der Waals surface area (Å²) in [5.41, 5.74) is 0.690. The molecule has 1 amide bonds. The standard InChI is InChI=1S/C16H21FN2O/c1-3-9-19(10-4-2)16(20)11-14(12-18)13-5-7-15(17)8-6-13/h5-8,14H,3-4,9-11H2,1-2H3. The summed E-state index contributed by atoms with van der Waals surface area (Å²) in [5, 5.41) is 9.22. The molecule has 1 unspecified atom stereocenters. The third kappa shape index (κ3) is 4.65. The molecule has 0 saturated carbocycles. The summed E-state index contributed by atoms with van der Waals surface area (Å²) in [6.45, 7) is 5.48. The van der Waals surface area contributed by atoms with Crippen LogP contribution in [-0.2, 0) is 4.79 Å². The molecule has 1 aromatic rings. The van der Waals surface area contributed by atoms with Crippen LogP contribution >= 0.6 is 0 Å². The number of amides is 1. The Labute approximate surface area is 120 Å². The molecule has 3 nitrogen and oxygen atoms in total. The van der Waals surface area contributed by atoms with Crippen molar-refractivity contribution in [2.24, 2.45) is 0 Å². The molecule has 20 heavy (non-hydrogen) atoms. The molecule has 108 valence electrons. The first-order valence-corrected chi connectivity index (χ1v) is 7.05. The maximum Gasteiger partial charge on any atom is 0.224 e. The SMILES string of the molecule is CCCN(CCC)C(=O)CC(C#N)c1ccc(F)cc1. The van der Waals surface area contributed by atoms with E-state index in [-0.39, 0.29) is 18.1 Å². The number of carbonyl (C=O) groups is 1. The van der Waals surface area contributed by atoms with Crippen molar-refractivity contribution in [3.8, 4) is 6.07 Å². The Bertz CT molecular complexity index is 458. The number of halogens is 1. The number of hydrogen-bond acceptors (Lipinski definition) is 2. The van der Waals surface area contributed by atoms with Gasteiger partial charge in [-0.25, -0.2) is 4.39 Å². The molecule has 0 spiro atoms. The van der Waals surface area contributed by atoms with Gasteiger partial charge in [-0.1, -0.05) is 26.0 Å². The summed E-state index contributed by atoms with van der Waals surface area (Å²) in [7, 11) is 0. The highest BCUT2D eigenvalue weighted by atomic mass is 19.1. The number of carbonyl (C=O) groups excluding carboxylic acids is 1. The molecule has 0 aromatic heterocycles. The lowest BCUT2D eigenvalue weighted by Gasteiger charge is -2.22. The molecule has 1 aromatic carbocycles. The van der Waals surface area contributed by atoms with Crippen LogP contribution in [0, 0.1) is 17.1 Å². The lowest BCUT2D eigenvalue weighted by molar-refractivity contribution is -0.131. The van der Waals surface area contributed by atoms with Crippen molar-refractivity contribution in [2.75, 3.05) is 13.1 Å². The molecule has 4 heteroatoms. The average Bonchev–Trinajstić information content (AvgIpc) is 2.45. The lowest BCUT2D eigenvalue weighted by Crippen LogP contribution is -2.33. The Morgan fingerprint density at radius 1 is 1.25 bits per heavy atom. The molecular formula is C16H21FN2O. The third-order valence-electron chi connectivity index (χ3n) is 3.15. The second-order valence-electron chi connectivity index (χ2n) is 4.82. The van der Waals surface area contributed by atoms with E-state index in [1.807, 2.05) is 13.8 Å².